The molecule has 0 saturated heterocycles. The lowest BCUT2D eigenvalue weighted by Crippen LogP contribution is -2.16. The van der Waals surface area contributed by atoms with Crippen LogP contribution in [0.4, 0.5) is 11.4 Å². The molecule has 0 fully saturated rings. The highest BCUT2D eigenvalue weighted by atomic mass is 35.5. The zero-order valence-electron chi connectivity index (χ0n) is 10.4. The Morgan fingerprint density at radius 1 is 1.25 bits per heavy atom. The Balaban J connectivity index is 2.46. The number of nitrogens with zero attached hydrogens (tertiary/aromatic N) is 1. The van der Waals surface area contributed by atoms with Crippen LogP contribution >= 0.6 is 23.2 Å². The second-order valence-corrected chi connectivity index (χ2v) is 6.53. The van der Waals surface area contributed by atoms with E-state index in [2.05, 4.69) is 9.71 Å². The number of sulfonamides is 1. The molecule has 20 heavy (non-hydrogen) atoms. The summed E-state index contributed by atoms with van der Waals surface area (Å²) in [5, 5.41) is 0.429. The maximum atomic E-state index is 12.3. The topological polar surface area (TPSA) is 85.1 Å². The summed E-state index contributed by atoms with van der Waals surface area (Å²) in [6, 6.07) is 5.80. The standard InChI is InChI=1S/C12H11Cl2N3O2S/c1-7-4-5-16-12(14)11(7)17-20(18,19)10-3-2-8(13)6-9(10)15/h2-6,17H,15H2,1H3. The van der Waals surface area contributed by atoms with Gasteiger partial charge in [0, 0.05) is 11.2 Å². The number of anilines is 2. The van der Waals surface area contributed by atoms with Gasteiger partial charge < -0.3 is 5.73 Å². The molecule has 1 aromatic heterocycles. The van der Waals surface area contributed by atoms with Gasteiger partial charge in [0.15, 0.2) is 5.15 Å². The molecule has 5 nitrogen and oxygen atoms in total. The predicted octanol–water partition coefficient (Wildman–Crippen LogP) is 3.08. The minimum atomic E-state index is -3.86. The molecule has 2 rings (SSSR count). The average molecular weight is 332 g/mol. The molecule has 0 aliphatic carbocycles. The van der Waals surface area contributed by atoms with Crippen LogP contribution in [0, 0.1) is 6.92 Å². The summed E-state index contributed by atoms with van der Waals surface area (Å²) in [6.45, 7) is 1.72. The number of nitrogen functional groups attached to an aromatic ring is 1. The van der Waals surface area contributed by atoms with Crippen molar-refractivity contribution in [3.63, 3.8) is 0 Å². The average Bonchev–Trinajstić information content (AvgIpc) is 2.33. The fourth-order valence-corrected chi connectivity index (χ4v) is 3.34. The summed E-state index contributed by atoms with van der Waals surface area (Å²) in [5.41, 5.74) is 6.62. The van der Waals surface area contributed by atoms with Crippen LogP contribution in [0.1, 0.15) is 5.56 Å². The molecule has 3 N–H and O–H groups in total. The molecule has 0 atom stereocenters. The first kappa shape index (κ1) is 14.9. The lowest BCUT2D eigenvalue weighted by atomic mass is 10.3. The Hall–Kier alpha value is -1.50. The Bertz CT molecular complexity index is 743. The van der Waals surface area contributed by atoms with Crippen molar-refractivity contribution in [1.82, 2.24) is 4.98 Å². The van der Waals surface area contributed by atoms with E-state index in [-0.39, 0.29) is 21.4 Å². The van der Waals surface area contributed by atoms with E-state index in [9.17, 15) is 8.42 Å². The molecule has 0 spiro atoms. The molecular weight excluding hydrogens is 321 g/mol. The van der Waals surface area contributed by atoms with Crippen LogP contribution in [0.5, 0.6) is 0 Å². The highest BCUT2D eigenvalue weighted by Crippen LogP contribution is 2.28. The van der Waals surface area contributed by atoms with E-state index in [1.54, 1.807) is 13.0 Å². The third-order valence-electron chi connectivity index (χ3n) is 2.61. The normalized spacial score (nSPS) is 11.3. The van der Waals surface area contributed by atoms with E-state index in [1.807, 2.05) is 0 Å². The van der Waals surface area contributed by atoms with Gasteiger partial charge in [0.1, 0.15) is 4.90 Å². The third-order valence-corrected chi connectivity index (χ3v) is 4.56. The number of hydrogen-bond donors (Lipinski definition) is 2. The van der Waals surface area contributed by atoms with Crippen molar-refractivity contribution < 1.29 is 8.42 Å². The summed E-state index contributed by atoms with van der Waals surface area (Å²) in [5.74, 6) is 0. The molecule has 8 heteroatoms. The van der Waals surface area contributed by atoms with Gasteiger partial charge in [-0.2, -0.15) is 0 Å². The molecule has 0 unspecified atom stereocenters. The van der Waals surface area contributed by atoms with Crippen molar-refractivity contribution in [3.05, 3.63) is 46.2 Å². The van der Waals surface area contributed by atoms with Crippen LogP contribution in [-0.2, 0) is 10.0 Å². The maximum Gasteiger partial charge on any atom is 0.264 e. The van der Waals surface area contributed by atoms with Gasteiger partial charge in [-0.15, -0.1) is 0 Å². The van der Waals surface area contributed by atoms with E-state index in [0.717, 1.165) is 0 Å². The van der Waals surface area contributed by atoms with Crippen molar-refractivity contribution in [2.75, 3.05) is 10.5 Å². The Morgan fingerprint density at radius 2 is 1.95 bits per heavy atom. The van der Waals surface area contributed by atoms with Crippen LogP contribution in [-0.4, -0.2) is 13.4 Å². The van der Waals surface area contributed by atoms with Crippen LogP contribution < -0.4 is 10.5 Å². The summed E-state index contributed by atoms with van der Waals surface area (Å²) >= 11 is 11.6. The zero-order chi connectivity index (χ0) is 14.9. The van der Waals surface area contributed by atoms with Crippen molar-refractivity contribution in [2.45, 2.75) is 11.8 Å². The molecule has 0 aliphatic rings. The monoisotopic (exact) mass is 331 g/mol. The largest absolute Gasteiger partial charge is 0.398 e. The molecule has 2 aromatic rings. The Morgan fingerprint density at radius 3 is 2.55 bits per heavy atom. The van der Waals surface area contributed by atoms with Gasteiger partial charge in [0.2, 0.25) is 0 Å². The maximum absolute atomic E-state index is 12.3. The smallest absolute Gasteiger partial charge is 0.264 e. The predicted molar refractivity (Wildman–Crippen MR) is 80.7 cm³/mol. The van der Waals surface area contributed by atoms with Crippen molar-refractivity contribution in [2.24, 2.45) is 0 Å². The Labute approximate surface area is 126 Å². The van der Waals surface area contributed by atoms with Gasteiger partial charge in [-0.1, -0.05) is 23.2 Å². The fraction of sp³-hybridized carbons (Fsp3) is 0.0833. The number of aromatic nitrogens is 1. The highest BCUT2D eigenvalue weighted by Gasteiger charge is 2.20. The van der Waals surface area contributed by atoms with Gasteiger partial charge in [0.25, 0.3) is 10.0 Å². The summed E-state index contributed by atoms with van der Waals surface area (Å²) in [7, 11) is -3.86. The molecular formula is C12H11Cl2N3O2S. The minimum absolute atomic E-state index is 0.0580. The fourth-order valence-electron chi connectivity index (χ4n) is 1.60. The first-order valence-corrected chi connectivity index (χ1v) is 7.74. The van der Waals surface area contributed by atoms with Crippen molar-refractivity contribution in [1.29, 1.82) is 0 Å². The molecule has 106 valence electrons. The number of benzene rings is 1. The number of hydrogen-bond acceptors (Lipinski definition) is 4. The number of pyridine rings is 1. The number of rotatable bonds is 3. The first-order valence-electron chi connectivity index (χ1n) is 5.50. The van der Waals surface area contributed by atoms with Gasteiger partial charge in [0.05, 0.1) is 11.4 Å². The van der Waals surface area contributed by atoms with Crippen LogP contribution in [0.25, 0.3) is 0 Å². The van der Waals surface area contributed by atoms with Crippen molar-refractivity contribution in [3.8, 4) is 0 Å². The first-order chi connectivity index (χ1) is 9.31. The SMILES string of the molecule is Cc1ccnc(Cl)c1NS(=O)(=O)c1ccc(Cl)cc1N. The lowest BCUT2D eigenvalue weighted by Gasteiger charge is -2.13. The molecule has 0 bridgehead atoms. The van der Waals surface area contributed by atoms with Gasteiger partial charge in [-0.05, 0) is 36.8 Å². The van der Waals surface area contributed by atoms with Crippen molar-refractivity contribution >= 4 is 44.6 Å². The second kappa shape index (κ2) is 5.47. The Kier molecular flexibility index (Phi) is 4.08. The van der Waals surface area contributed by atoms with Gasteiger partial charge in [-0.25, -0.2) is 13.4 Å². The number of halogens is 2. The van der Waals surface area contributed by atoms with E-state index in [0.29, 0.717) is 10.6 Å². The highest BCUT2D eigenvalue weighted by molar-refractivity contribution is 7.92. The van der Waals surface area contributed by atoms with Gasteiger partial charge in [-0.3, -0.25) is 4.72 Å². The molecule has 1 aromatic carbocycles. The molecule has 0 saturated carbocycles. The van der Waals surface area contributed by atoms with E-state index in [1.165, 1.54) is 24.4 Å². The lowest BCUT2D eigenvalue weighted by molar-refractivity contribution is 0.601. The van der Waals surface area contributed by atoms with Crippen LogP contribution in [0.3, 0.4) is 0 Å². The molecule has 0 radical (unpaired) electrons. The third kappa shape index (κ3) is 2.98. The van der Waals surface area contributed by atoms with Crippen LogP contribution in [0.2, 0.25) is 10.2 Å². The summed E-state index contributed by atoms with van der Waals surface area (Å²) in [4.78, 5) is 3.77. The summed E-state index contributed by atoms with van der Waals surface area (Å²) in [6.07, 6.45) is 1.49. The number of nitrogens with two attached hydrogens (primary N) is 1. The van der Waals surface area contributed by atoms with Gasteiger partial charge >= 0.3 is 0 Å². The number of nitrogens with one attached hydrogen (secondary N) is 1. The molecule has 0 aliphatic heterocycles. The van der Waals surface area contributed by atoms with E-state index in [4.69, 9.17) is 28.9 Å². The van der Waals surface area contributed by atoms with Crippen LogP contribution in [0.15, 0.2) is 35.4 Å². The number of aryl methyl sites for hydroxylation is 1. The molecule has 0 amide bonds. The van der Waals surface area contributed by atoms with E-state index < -0.39 is 10.0 Å². The molecule has 1 heterocycles. The minimum Gasteiger partial charge on any atom is -0.398 e. The second-order valence-electron chi connectivity index (χ2n) is 4.08. The zero-order valence-corrected chi connectivity index (χ0v) is 12.7. The summed E-state index contributed by atoms with van der Waals surface area (Å²) < 4.78 is 27.0. The quantitative estimate of drug-likeness (QED) is 0.668. The van der Waals surface area contributed by atoms with E-state index >= 15 is 0 Å².